The number of hydrogen-bond donors (Lipinski definition) is 3. The van der Waals surface area contributed by atoms with Crippen LogP contribution in [-0.2, 0) is 16.2 Å². The van der Waals surface area contributed by atoms with Gasteiger partial charge >= 0.3 is 0 Å². The fourth-order valence-corrected chi connectivity index (χ4v) is 13.6. The average Bonchev–Trinajstić information content (AvgIpc) is 2.20. The predicted octanol–water partition coefficient (Wildman–Crippen LogP) is 16.4. The zero-order valence-corrected chi connectivity index (χ0v) is 53.0. The number of carbonyl (C=O) groups is 3. The van der Waals surface area contributed by atoms with Crippen molar-refractivity contribution < 1.29 is 60.4 Å². The number of amides is 3. The first-order valence-corrected chi connectivity index (χ1v) is 31.6. The van der Waals surface area contributed by atoms with Gasteiger partial charge in [0.05, 0.1) is 42.2 Å². The Morgan fingerprint density at radius 2 is 0.833 bits per heavy atom. The minimum atomic E-state index is -0.458. The zero-order chi connectivity index (χ0) is 63.3. The predicted molar refractivity (Wildman–Crippen MR) is 348 cm³/mol. The second-order valence-corrected chi connectivity index (χ2v) is 24.2. The van der Waals surface area contributed by atoms with Gasteiger partial charge in [-0.2, -0.15) is 0 Å². The Kier molecular flexibility index (Phi) is 21.0. The molecule has 0 unspecified atom stereocenters. The molecular formula is C73H81ClFN3O12. The van der Waals surface area contributed by atoms with Crippen molar-refractivity contribution >= 4 is 62.2 Å². The van der Waals surface area contributed by atoms with Gasteiger partial charge in [0.1, 0.15) is 16.7 Å². The molecule has 3 amide bonds. The van der Waals surface area contributed by atoms with Crippen molar-refractivity contribution in [1.82, 2.24) is 16.0 Å². The number of carbonyl (C=O) groups excluding carboxylic acids is 3. The lowest BCUT2D eigenvalue weighted by atomic mass is 9.69. The third-order valence-electron chi connectivity index (χ3n) is 18.3. The van der Waals surface area contributed by atoms with Gasteiger partial charge in [0.25, 0.3) is 17.7 Å². The summed E-state index contributed by atoms with van der Waals surface area (Å²) in [5.74, 6) is 3.18. The van der Waals surface area contributed by atoms with Gasteiger partial charge in [-0.25, -0.2) is 4.39 Å². The molecule has 0 saturated heterocycles. The number of fused-ring (bicyclic) bond motifs is 3. The topological polar surface area (TPSA) is 182 Å². The third kappa shape index (κ3) is 14.5. The van der Waals surface area contributed by atoms with Crippen LogP contribution in [0.4, 0.5) is 4.39 Å². The van der Waals surface area contributed by atoms with Gasteiger partial charge in [0.15, 0.2) is 57.6 Å². The van der Waals surface area contributed by atoms with E-state index in [9.17, 15) is 18.8 Å². The van der Waals surface area contributed by atoms with E-state index in [-0.39, 0.29) is 45.5 Å². The highest BCUT2D eigenvalue weighted by Crippen LogP contribution is 2.46. The van der Waals surface area contributed by atoms with E-state index in [1.165, 1.54) is 38.7 Å². The minimum Gasteiger partial charge on any atom is -0.493 e. The molecule has 3 aliphatic carbocycles. The number of benzene rings is 6. The summed E-state index contributed by atoms with van der Waals surface area (Å²) in [4.78, 5) is 38.5. The molecule has 9 aromatic rings. The molecule has 3 aliphatic rings. The van der Waals surface area contributed by atoms with Crippen LogP contribution in [0.5, 0.6) is 34.5 Å². The van der Waals surface area contributed by atoms with Gasteiger partial charge in [-0.15, -0.1) is 0 Å². The Bertz CT molecular complexity index is 3860. The molecule has 3 aromatic heterocycles. The number of halogens is 2. The van der Waals surface area contributed by atoms with Crippen LogP contribution in [0.2, 0.25) is 5.02 Å². The van der Waals surface area contributed by atoms with Gasteiger partial charge in [-0.1, -0.05) is 118 Å². The van der Waals surface area contributed by atoms with Crippen LogP contribution in [0.15, 0.2) is 147 Å². The first kappa shape index (κ1) is 64.4. The van der Waals surface area contributed by atoms with Crippen LogP contribution < -0.4 is 44.4 Å². The number of methoxy groups -OCH3 is 5. The molecule has 0 spiro atoms. The fourth-order valence-electron chi connectivity index (χ4n) is 13.4. The van der Waals surface area contributed by atoms with Gasteiger partial charge in [0, 0.05) is 57.1 Å². The van der Waals surface area contributed by atoms with Crippen LogP contribution in [0.25, 0.3) is 32.9 Å². The molecule has 3 fully saturated rings. The lowest BCUT2D eigenvalue weighted by molar-refractivity contribution is 0.0904. The van der Waals surface area contributed by atoms with Crippen molar-refractivity contribution in [3.8, 4) is 34.5 Å². The molecule has 0 atom stereocenters. The number of ether oxygens (including phenoxy) is 6. The summed E-state index contributed by atoms with van der Waals surface area (Å²) in [6.07, 6.45) is 16.0. The maximum Gasteiger partial charge on any atom is 0.287 e. The van der Waals surface area contributed by atoms with Crippen LogP contribution in [0.1, 0.15) is 152 Å². The third-order valence-corrected chi connectivity index (χ3v) is 18.5. The van der Waals surface area contributed by atoms with Crippen molar-refractivity contribution in [1.29, 1.82) is 0 Å². The molecule has 3 saturated carbocycles. The maximum atomic E-state index is 14.7. The standard InChI is InChI=1S/C25H29NO4.C24H26ClNO4.C24H26FNO4/c1-3-29-22-16-19(11-12-21(22)28-2)25(13-7-4-8-14-25)17-26-24(27)23-15-18-9-5-6-10-20(18)30-23;1-28-20-8-6-17(14-21(20)29-2)24(10-4-3-5-11-24)15-26-23(27)22-13-16-12-18(25)7-9-19(16)30-22;1-28-20-14-17(13-18(25)22(20)29-2)24(10-6-3-7-11-24)15-26-23(27)21-12-16-8-4-5-9-19(16)30-21/h5-6,9-12,15-16H,3-4,7-8,13-14,17H2,1-2H3,(H,26,27);6-9,12-14H,3-5,10-11,15H2,1-2H3,(H,26,27);4-5,8-9,12-14H,3,6-7,10-11,15H2,1-2H3,(H,26,27). The number of hydrogen-bond acceptors (Lipinski definition) is 12. The number of nitrogens with one attached hydrogen (secondary N) is 3. The van der Waals surface area contributed by atoms with Crippen molar-refractivity contribution in [2.45, 2.75) is 119 Å². The van der Waals surface area contributed by atoms with E-state index < -0.39 is 5.82 Å². The SMILES string of the molecule is CCOc1cc(C2(CNC(=O)c3cc4ccccc4o3)CCCCC2)ccc1OC.COc1cc(C2(CNC(=O)c3cc4ccccc4o3)CCCCC2)cc(F)c1OC.COc1ccc(C2(CNC(=O)c3cc4cc(Cl)ccc4o3)CCCCC2)cc1OC. The number of furan rings is 3. The molecule has 0 bridgehead atoms. The van der Waals surface area contributed by atoms with E-state index in [1.807, 2.05) is 79.7 Å². The lowest BCUT2D eigenvalue weighted by Gasteiger charge is -2.38. The van der Waals surface area contributed by atoms with E-state index in [4.69, 9.17) is 53.3 Å². The van der Waals surface area contributed by atoms with E-state index in [2.05, 4.69) is 34.1 Å². The van der Waals surface area contributed by atoms with Crippen LogP contribution in [0.3, 0.4) is 0 Å². The van der Waals surface area contributed by atoms with Gasteiger partial charge in [-0.05, 0) is 147 Å². The molecule has 12 rings (SSSR count). The number of para-hydroxylation sites is 2. The first-order valence-electron chi connectivity index (χ1n) is 31.2. The van der Waals surface area contributed by atoms with Crippen molar-refractivity contribution in [2.75, 3.05) is 61.8 Å². The quantitative estimate of drug-likeness (QED) is 0.0698. The molecular weight excluding hydrogens is 1170 g/mol. The van der Waals surface area contributed by atoms with Crippen LogP contribution in [0, 0.1) is 5.82 Å². The highest BCUT2D eigenvalue weighted by Gasteiger charge is 2.39. The Morgan fingerprint density at radius 1 is 0.433 bits per heavy atom. The summed E-state index contributed by atoms with van der Waals surface area (Å²) in [5, 5.41) is 12.5. The molecule has 0 radical (unpaired) electrons. The molecule has 15 nitrogen and oxygen atoms in total. The summed E-state index contributed by atoms with van der Waals surface area (Å²) in [6, 6.07) is 41.4. The summed E-state index contributed by atoms with van der Waals surface area (Å²) in [6.45, 7) is 4.06. The monoisotopic (exact) mass is 1250 g/mol. The molecule has 3 N–H and O–H groups in total. The van der Waals surface area contributed by atoms with Crippen molar-refractivity contribution in [3.05, 3.63) is 178 Å². The summed E-state index contributed by atoms with van der Waals surface area (Å²) in [7, 11) is 7.85. The largest absolute Gasteiger partial charge is 0.493 e. The van der Waals surface area contributed by atoms with Crippen LogP contribution in [-0.4, -0.2) is 79.5 Å². The summed E-state index contributed by atoms with van der Waals surface area (Å²) < 4.78 is 64.5. The van der Waals surface area contributed by atoms with E-state index in [0.29, 0.717) is 71.2 Å². The zero-order valence-electron chi connectivity index (χ0n) is 52.3. The lowest BCUT2D eigenvalue weighted by Crippen LogP contribution is -2.42. The Morgan fingerprint density at radius 3 is 1.27 bits per heavy atom. The number of rotatable bonds is 19. The van der Waals surface area contributed by atoms with E-state index in [1.54, 1.807) is 57.7 Å². The Labute approximate surface area is 530 Å². The molecule has 90 heavy (non-hydrogen) atoms. The van der Waals surface area contributed by atoms with Gasteiger partial charge < -0.3 is 57.6 Å². The Balaban J connectivity index is 0.000000148. The molecule has 0 aliphatic heterocycles. The summed E-state index contributed by atoms with van der Waals surface area (Å²) >= 11 is 6.04. The normalized spacial score (nSPS) is 15.7. The molecule has 3 heterocycles. The van der Waals surface area contributed by atoms with E-state index >= 15 is 0 Å². The van der Waals surface area contributed by atoms with Crippen LogP contribution >= 0.6 is 11.6 Å². The minimum absolute atomic E-state index is 0.0959. The molecule has 6 aromatic carbocycles. The second-order valence-electron chi connectivity index (χ2n) is 23.7. The van der Waals surface area contributed by atoms with E-state index in [0.717, 1.165) is 128 Å². The second kappa shape index (κ2) is 29.3. The molecule has 474 valence electrons. The first-order chi connectivity index (χ1) is 43.7. The van der Waals surface area contributed by atoms with Crippen molar-refractivity contribution in [2.24, 2.45) is 0 Å². The van der Waals surface area contributed by atoms with Gasteiger partial charge in [-0.3, -0.25) is 14.4 Å². The molecule has 17 heteroatoms. The highest BCUT2D eigenvalue weighted by molar-refractivity contribution is 6.31. The smallest absolute Gasteiger partial charge is 0.287 e. The Hall–Kier alpha value is -8.63. The average molecular weight is 1250 g/mol. The van der Waals surface area contributed by atoms with Gasteiger partial charge in [0.2, 0.25) is 0 Å². The fraction of sp³-hybridized carbons (Fsp3) is 0.384. The van der Waals surface area contributed by atoms with Crippen molar-refractivity contribution in [3.63, 3.8) is 0 Å². The summed E-state index contributed by atoms with van der Waals surface area (Å²) in [5.41, 5.74) is 4.62. The maximum absolute atomic E-state index is 14.7. The highest BCUT2D eigenvalue weighted by atomic mass is 35.5.